The lowest BCUT2D eigenvalue weighted by atomic mass is 10.0. The molecule has 0 heterocycles. The molecule has 0 saturated heterocycles. The van der Waals surface area contributed by atoms with E-state index in [4.69, 9.17) is 0 Å². The molecule has 0 saturated carbocycles. The maximum atomic E-state index is 11.9. The Labute approximate surface area is 102 Å². The Balaban J connectivity index is 2.31. The summed E-state index contributed by atoms with van der Waals surface area (Å²) in [6.45, 7) is 0. The molecule has 0 amide bonds. The Kier molecular flexibility index (Phi) is 3.19. The molecule has 0 bridgehead atoms. The van der Waals surface area contributed by atoms with Crippen molar-refractivity contribution in [3.8, 4) is 0 Å². The van der Waals surface area contributed by atoms with E-state index in [0.717, 1.165) is 10.8 Å². The Morgan fingerprint density at radius 1 is 1.00 bits per heavy atom. The molecule has 0 aromatic heterocycles. The van der Waals surface area contributed by atoms with Crippen LogP contribution < -0.4 is 0 Å². The van der Waals surface area contributed by atoms with Crippen LogP contribution in [0.1, 0.15) is 10.4 Å². The maximum Gasteiger partial charge on any atom is 0.409 e. The van der Waals surface area contributed by atoms with Crippen molar-refractivity contribution in [3.63, 3.8) is 0 Å². The fourth-order valence-electron chi connectivity index (χ4n) is 1.61. The SMILES string of the molecule is O=C(/C=C/C(F)(F)F)c1ccc2ccccc2c1. The van der Waals surface area contributed by atoms with E-state index in [2.05, 4.69) is 0 Å². The number of benzene rings is 2. The molecule has 0 unspecified atom stereocenters. The molecule has 4 heteroatoms. The zero-order valence-corrected chi connectivity index (χ0v) is 9.24. The molecule has 2 aromatic carbocycles. The molecule has 18 heavy (non-hydrogen) atoms. The quantitative estimate of drug-likeness (QED) is 0.578. The van der Waals surface area contributed by atoms with Gasteiger partial charge in [0.25, 0.3) is 0 Å². The summed E-state index contributed by atoms with van der Waals surface area (Å²) in [5.41, 5.74) is 0.245. The standard InChI is InChI=1S/C14H9F3O/c15-14(16,17)8-7-13(18)12-6-5-10-3-1-2-4-11(10)9-12/h1-9H/b8-7+. The lowest BCUT2D eigenvalue weighted by molar-refractivity contribution is -0.0799. The second kappa shape index (κ2) is 4.64. The second-order valence-corrected chi connectivity index (χ2v) is 3.80. The van der Waals surface area contributed by atoms with E-state index in [1.54, 1.807) is 18.2 Å². The summed E-state index contributed by atoms with van der Waals surface area (Å²) in [7, 11) is 0. The van der Waals surface area contributed by atoms with Crippen LogP contribution in [0, 0.1) is 0 Å². The topological polar surface area (TPSA) is 17.1 Å². The molecule has 2 rings (SSSR count). The van der Waals surface area contributed by atoms with Gasteiger partial charge in [0.05, 0.1) is 0 Å². The van der Waals surface area contributed by atoms with Gasteiger partial charge < -0.3 is 0 Å². The summed E-state index contributed by atoms with van der Waals surface area (Å²) in [6.07, 6.45) is -3.97. The first-order valence-corrected chi connectivity index (χ1v) is 5.25. The Morgan fingerprint density at radius 2 is 1.67 bits per heavy atom. The van der Waals surface area contributed by atoms with Crippen LogP contribution in [-0.2, 0) is 0 Å². The molecule has 0 N–H and O–H groups in total. The zero-order valence-electron chi connectivity index (χ0n) is 9.24. The van der Waals surface area contributed by atoms with Crippen molar-refractivity contribution in [2.24, 2.45) is 0 Å². The van der Waals surface area contributed by atoms with Gasteiger partial charge in [0.2, 0.25) is 0 Å². The maximum absolute atomic E-state index is 11.9. The van der Waals surface area contributed by atoms with Gasteiger partial charge in [0, 0.05) is 11.6 Å². The monoisotopic (exact) mass is 250 g/mol. The summed E-state index contributed by atoms with van der Waals surface area (Å²) >= 11 is 0. The van der Waals surface area contributed by atoms with Gasteiger partial charge in [-0.05, 0) is 22.9 Å². The highest BCUT2D eigenvalue weighted by Gasteiger charge is 2.22. The molecule has 92 valence electrons. The van der Waals surface area contributed by atoms with Crippen molar-refractivity contribution in [1.82, 2.24) is 0 Å². The van der Waals surface area contributed by atoms with E-state index in [1.165, 1.54) is 6.07 Å². The number of carbonyl (C=O) groups is 1. The fourth-order valence-corrected chi connectivity index (χ4v) is 1.61. The first kappa shape index (κ1) is 12.4. The number of allylic oxidation sites excluding steroid dienone is 2. The minimum Gasteiger partial charge on any atom is -0.289 e. The number of carbonyl (C=O) groups excluding carboxylic acids is 1. The van der Waals surface area contributed by atoms with Gasteiger partial charge in [-0.15, -0.1) is 0 Å². The highest BCUT2D eigenvalue weighted by atomic mass is 19.4. The smallest absolute Gasteiger partial charge is 0.289 e. The van der Waals surface area contributed by atoms with E-state index in [1.807, 2.05) is 18.2 Å². The zero-order chi connectivity index (χ0) is 13.2. The van der Waals surface area contributed by atoms with Crippen molar-refractivity contribution in [2.75, 3.05) is 0 Å². The minimum absolute atomic E-state index is 0.0511. The fraction of sp³-hybridized carbons (Fsp3) is 0.0714. The van der Waals surface area contributed by atoms with Crippen LogP contribution in [0.3, 0.4) is 0 Å². The molecule has 0 radical (unpaired) electrons. The molecule has 0 aliphatic heterocycles. The van der Waals surface area contributed by atoms with Crippen LogP contribution >= 0.6 is 0 Å². The van der Waals surface area contributed by atoms with Crippen LogP contribution in [0.2, 0.25) is 0 Å². The van der Waals surface area contributed by atoms with Crippen molar-refractivity contribution in [3.05, 3.63) is 60.2 Å². The van der Waals surface area contributed by atoms with Crippen molar-refractivity contribution < 1.29 is 18.0 Å². The first-order chi connectivity index (χ1) is 8.46. The summed E-state index contributed by atoms with van der Waals surface area (Å²) in [5, 5.41) is 1.76. The van der Waals surface area contributed by atoms with E-state index in [-0.39, 0.29) is 11.6 Å². The van der Waals surface area contributed by atoms with Gasteiger partial charge in [0.1, 0.15) is 0 Å². The number of hydrogen-bond donors (Lipinski definition) is 0. The van der Waals surface area contributed by atoms with Crippen LogP contribution in [0.25, 0.3) is 10.8 Å². The number of rotatable bonds is 2. The Bertz CT molecular complexity index is 612. The Morgan fingerprint density at radius 3 is 2.33 bits per heavy atom. The van der Waals surface area contributed by atoms with E-state index in [9.17, 15) is 18.0 Å². The first-order valence-electron chi connectivity index (χ1n) is 5.25. The number of hydrogen-bond acceptors (Lipinski definition) is 1. The summed E-state index contributed by atoms with van der Waals surface area (Å²) in [6, 6.07) is 12.2. The van der Waals surface area contributed by atoms with Gasteiger partial charge in [0.15, 0.2) is 5.78 Å². The molecule has 0 aliphatic carbocycles. The average molecular weight is 250 g/mol. The number of ketones is 1. The molecule has 0 spiro atoms. The van der Waals surface area contributed by atoms with Gasteiger partial charge in [-0.2, -0.15) is 13.2 Å². The molecule has 0 aliphatic rings. The largest absolute Gasteiger partial charge is 0.409 e. The second-order valence-electron chi connectivity index (χ2n) is 3.80. The normalized spacial score (nSPS) is 12.2. The van der Waals surface area contributed by atoms with Crippen molar-refractivity contribution in [1.29, 1.82) is 0 Å². The van der Waals surface area contributed by atoms with Gasteiger partial charge in [-0.25, -0.2) is 0 Å². The highest BCUT2D eigenvalue weighted by Crippen LogP contribution is 2.18. The molecule has 0 fully saturated rings. The van der Waals surface area contributed by atoms with Gasteiger partial charge in [-0.3, -0.25) is 4.79 Å². The average Bonchev–Trinajstić information content (AvgIpc) is 2.34. The van der Waals surface area contributed by atoms with Crippen molar-refractivity contribution >= 4 is 16.6 Å². The third kappa shape index (κ3) is 2.97. The highest BCUT2D eigenvalue weighted by molar-refractivity contribution is 6.06. The van der Waals surface area contributed by atoms with Crippen molar-refractivity contribution in [2.45, 2.75) is 6.18 Å². The van der Waals surface area contributed by atoms with Gasteiger partial charge in [-0.1, -0.05) is 36.4 Å². The Hall–Kier alpha value is -2.10. The van der Waals surface area contributed by atoms with Crippen LogP contribution in [0.4, 0.5) is 13.2 Å². The summed E-state index contributed by atoms with van der Waals surface area (Å²) < 4.78 is 35.8. The lowest BCUT2D eigenvalue weighted by Gasteiger charge is -2.01. The molecule has 1 nitrogen and oxygen atoms in total. The van der Waals surface area contributed by atoms with E-state index >= 15 is 0 Å². The van der Waals surface area contributed by atoms with Crippen LogP contribution in [0.5, 0.6) is 0 Å². The minimum atomic E-state index is -4.47. The van der Waals surface area contributed by atoms with E-state index < -0.39 is 12.0 Å². The summed E-state index contributed by atoms with van der Waals surface area (Å²) in [5.74, 6) is -0.655. The predicted molar refractivity (Wildman–Crippen MR) is 63.5 cm³/mol. The number of fused-ring (bicyclic) bond motifs is 1. The molecule has 0 atom stereocenters. The molecular formula is C14H9F3O. The third-order valence-corrected chi connectivity index (χ3v) is 2.46. The molecular weight excluding hydrogens is 241 g/mol. The molecule has 2 aromatic rings. The van der Waals surface area contributed by atoms with Gasteiger partial charge >= 0.3 is 6.18 Å². The van der Waals surface area contributed by atoms with E-state index in [0.29, 0.717) is 6.08 Å². The predicted octanol–water partition coefficient (Wildman–Crippen LogP) is 4.14. The van der Waals surface area contributed by atoms with Crippen LogP contribution in [0.15, 0.2) is 54.6 Å². The number of alkyl halides is 3. The van der Waals surface area contributed by atoms with Crippen LogP contribution in [-0.4, -0.2) is 12.0 Å². The lowest BCUT2D eigenvalue weighted by Crippen LogP contribution is -2.03. The summed E-state index contributed by atoms with van der Waals surface area (Å²) in [4.78, 5) is 11.5. The third-order valence-electron chi connectivity index (χ3n) is 2.46. The number of halogens is 3.